The maximum absolute atomic E-state index is 12.2. The van der Waals surface area contributed by atoms with Crippen molar-refractivity contribution in [2.24, 2.45) is 5.41 Å². The molecule has 0 radical (unpaired) electrons. The molecule has 0 saturated heterocycles. The van der Waals surface area contributed by atoms with Crippen LogP contribution in [0, 0.1) is 5.41 Å². The number of halogens is 3. The van der Waals surface area contributed by atoms with E-state index >= 15 is 0 Å². The Hall–Kier alpha value is 0.100. The van der Waals surface area contributed by atoms with E-state index in [1.807, 2.05) is 0 Å². The summed E-state index contributed by atoms with van der Waals surface area (Å²) in [5.41, 5.74) is 0.0460. The fraction of sp³-hybridized carbons (Fsp3) is 1.00. The summed E-state index contributed by atoms with van der Waals surface area (Å²) in [5, 5.41) is 0. The molecule has 0 bridgehead atoms. The molecule has 0 amide bonds. The van der Waals surface area contributed by atoms with E-state index < -0.39 is 12.7 Å². The Morgan fingerprint density at radius 1 is 1.33 bits per heavy atom. The Morgan fingerprint density at radius 3 is 2.20 bits per heavy atom. The molecule has 0 heterocycles. The number of hydrogen-bond donors (Lipinski definition) is 1. The monoisotopic (exact) mass is 241 g/mol. The molecule has 1 rings (SSSR count). The fourth-order valence-corrected chi connectivity index (χ4v) is 2.47. The molecule has 5 heteroatoms. The molecule has 1 aliphatic carbocycles. The maximum atomic E-state index is 12.2. The second-order valence-corrected chi connectivity index (χ2v) is 4.75. The molecule has 0 aromatic rings. The van der Waals surface area contributed by atoms with Gasteiger partial charge in [0, 0.05) is 6.54 Å². The zero-order chi connectivity index (χ0) is 11.5. The molecule has 90 valence electrons. The number of alkyl halides is 3. The predicted molar refractivity (Wildman–Crippen MR) is 58.3 cm³/mol. The van der Waals surface area contributed by atoms with Crippen LogP contribution in [0.15, 0.2) is 0 Å². The normalized spacial score (nSPS) is 20.4. The molecular formula is C10H18F3NS. The van der Waals surface area contributed by atoms with Crippen LogP contribution in [0.4, 0.5) is 13.2 Å². The first-order valence-corrected chi connectivity index (χ1v) is 5.94. The largest absolute Gasteiger partial charge is 0.401 e. The average Bonchev–Trinajstić information content (AvgIpc) is 2.07. The van der Waals surface area contributed by atoms with Crippen molar-refractivity contribution in [3.8, 4) is 0 Å². The van der Waals surface area contributed by atoms with Crippen molar-refractivity contribution in [1.82, 2.24) is 4.90 Å². The van der Waals surface area contributed by atoms with Crippen LogP contribution in [0.25, 0.3) is 0 Å². The molecule has 1 saturated carbocycles. The van der Waals surface area contributed by atoms with Crippen molar-refractivity contribution in [2.75, 3.05) is 25.4 Å². The highest BCUT2D eigenvalue weighted by Crippen LogP contribution is 2.42. The molecule has 0 aromatic heterocycles. The molecule has 15 heavy (non-hydrogen) atoms. The van der Waals surface area contributed by atoms with Gasteiger partial charge in [-0.15, -0.1) is 0 Å². The molecule has 1 nitrogen and oxygen atoms in total. The van der Waals surface area contributed by atoms with Crippen LogP contribution in [0.1, 0.15) is 26.2 Å². The molecule has 1 aliphatic rings. The van der Waals surface area contributed by atoms with Gasteiger partial charge in [-0.2, -0.15) is 25.8 Å². The smallest absolute Gasteiger partial charge is 0.295 e. The highest BCUT2D eigenvalue weighted by atomic mass is 32.1. The van der Waals surface area contributed by atoms with Crippen LogP contribution in [0.2, 0.25) is 0 Å². The SMILES string of the molecule is CCN(CC(F)(F)F)CC1(CS)CCC1. The minimum absolute atomic E-state index is 0.0460. The van der Waals surface area contributed by atoms with E-state index in [1.54, 1.807) is 6.92 Å². The van der Waals surface area contributed by atoms with Gasteiger partial charge in [0.1, 0.15) is 0 Å². The molecular weight excluding hydrogens is 223 g/mol. The average molecular weight is 241 g/mol. The Morgan fingerprint density at radius 2 is 1.93 bits per heavy atom. The van der Waals surface area contributed by atoms with Crippen molar-refractivity contribution in [2.45, 2.75) is 32.4 Å². The third-order valence-corrected chi connectivity index (χ3v) is 3.83. The summed E-state index contributed by atoms with van der Waals surface area (Å²) in [6, 6.07) is 0. The topological polar surface area (TPSA) is 3.24 Å². The van der Waals surface area contributed by atoms with Gasteiger partial charge >= 0.3 is 6.18 Å². The predicted octanol–water partition coefficient (Wildman–Crippen LogP) is 2.97. The molecule has 0 N–H and O–H groups in total. The van der Waals surface area contributed by atoms with Crippen molar-refractivity contribution in [3.63, 3.8) is 0 Å². The van der Waals surface area contributed by atoms with Crippen LogP contribution in [-0.2, 0) is 0 Å². The van der Waals surface area contributed by atoms with Gasteiger partial charge in [-0.25, -0.2) is 0 Å². The van der Waals surface area contributed by atoms with Gasteiger partial charge in [0.05, 0.1) is 6.54 Å². The molecule has 0 unspecified atom stereocenters. The lowest BCUT2D eigenvalue weighted by atomic mass is 9.70. The summed E-state index contributed by atoms with van der Waals surface area (Å²) in [6.45, 7) is 1.97. The summed E-state index contributed by atoms with van der Waals surface area (Å²) in [5.74, 6) is 0.696. The number of thiol groups is 1. The van der Waals surface area contributed by atoms with E-state index in [-0.39, 0.29) is 5.41 Å². The number of nitrogens with zero attached hydrogens (tertiary/aromatic N) is 1. The molecule has 0 aliphatic heterocycles. The minimum Gasteiger partial charge on any atom is -0.295 e. The van der Waals surface area contributed by atoms with Crippen LogP contribution in [0.3, 0.4) is 0 Å². The first-order valence-electron chi connectivity index (χ1n) is 5.31. The van der Waals surface area contributed by atoms with Gasteiger partial charge < -0.3 is 0 Å². The van der Waals surface area contributed by atoms with Gasteiger partial charge in [0.15, 0.2) is 0 Å². The van der Waals surface area contributed by atoms with Crippen LogP contribution < -0.4 is 0 Å². The molecule has 0 aromatic carbocycles. The minimum atomic E-state index is -4.09. The Kier molecular flexibility index (Phi) is 4.35. The molecule has 0 spiro atoms. The summed E-state index contributed by atoms with van der Waals surface area (Å²) < 4.78 is 36.7. The van der Waals surface area contributed by atoms with Crippen molar-refractivity contribution in [3.05, 3.63) is 0 Å². The van der Waals surface area contributed by atoms with Gasteiger partial charge in [-0.05, 0) is 30.6 Å². The fourth-order valence-electron chi connectivity index (χ4n) is 2.05. The van der Waals surface area contributed by atoms with Gasteiger partial charge in [0.2, 0.25) is 0 Å². The lowest BCUT2D eigenvalue weighted by molar-refractivity contribution is -0.149. The first kappa shape index (κ1) is 13.2. The second-order valence-electron chi connectivity index (χ2n) is 4.43. The van der Waals surface area contributed by atoms with Crippen LogP contribution >= 0.6 is 12.6 Å². The van der Waals surface area contributed by atoms with Gasteiger partial charge in [-0.3, -0.25) is 4.90 Å². The Labute approximate surface area is 94.4 Å². The summed E-state index contributed by atoms with van der Waals surface area (Å²) in [6.07, 6.45) is -0.919. The van der Waals surface area contributed by atoms with E-state index in [9.17, 15) is 13.2 Å². The third-order valence-electron chi connectivity index (χ3n) is 3.16. The molecule has 0 atom stereocenters. The summed E-state index contributed by atoms with van der Waals surface area (Å²) in [4.78, 5) is 1.48. The summed E-state index contributed by atoms with van der Waals surface area (Å²) >= 11 is 4.25. The number of hydrogen-bond acceptors (Lipinski definition) is 2. The Balaban J connectivity index is 2.45. The maximum Gasteiger partial charge on any atom is 0.401 e. The van der Waals surface area contributed by atoms with Gasteiger partial charge in [-0.1, -0.05) is 13.3 Å². The summed E-state index contributed by atoms with van der Waals surface area (Å²) in [7, 11) is 0. The lowest BCUT2D eigenvalue weighted by Gasteiger charge is -2.44. The van der Waals surface area contributed by atoms with Crippen molar-refractivity contribution < 1.29 is 13.2 Å². The van der Waals surface area contributed by atoms with E-state index in [4.69, 9.17) is 0 Å². The second kappa shape index (κ2) is 4.95. The van der Waals surface area contributed by atoms with Crippen molar-refractivity contribution in [1.29, 1.82) is 0 Å². The van der Waals surface area contributed by atoms with Crippen molar-refractivity contribution >= 4 is 12.6 Å². The highest BCUT2D eigenvalue weighted by molar-refractivity contribution is 7.80. The zero-order valence-corrected chi connectivity index (χ0v) is 9.87. The van der Waals surface area contributed by atoms with E-state index in [0.717, 1.165) is 19.3 Å². The van der Waals surface area contributed by atoms with E-state index in [1.165, 1.54) is 4.90 Å². The zero-order valence-electron chi connectivity index (χ0n) is 8.98. The Bertz CT molecular complexity index is 196. The first-order chi connectivity index (χ1) is 6.91. The lowest BCUT2D eigenvalue weighted by Crippen LogP contribution is -2.46. The standard InChI is InChI=1S/C10H18F3NS/c1-2-14(7-10(11,12)13)6-9(8-15)4-3-5-9/h15H,2-8H2,1H3. The van der Waals surface area contributed by atoms with E-state index in [2.05, 4.69) is 12.6 Å². The van der Waals surface area contributed by atoms with Crippen LogP contribution in [0.5, 0.6) is 0 Å². The number of rotatable bonds is 5. The molecule has 1 fully saturated rings. The van der Waals surface area contributed by atoms with Gasteiger partial charge in [0.25, 0.3) is 0 Å². The van der Waals surface area contributed by atoms with Crippen LogP contribution in [-0.4, -0.2) is 36.5 Å². The third kappa shape index (κ3) is 3.87. The van der Waals surface area contributed by atoms with E-state index in [0.29, 0.717) is 18.8 Å². The quantitative estimate of drug-likeness (QED) is 0.724. The highest BCUT2D eigenvalue weighted by Gasteiger charge is 2.39.